The monoisotopic (exact) mass is 255 g/mol. The lowest BCUT2D eigenvalue weighted by Crippen LogP contribution is -2.47. The molecule has 1 amide bonds. The van der Waals surface area contributed by atoms with Gasteiger partial charge >= 0.3 is 5.97 Å². The summed E-state index contributed by atoms with van der Waals surface area (Å²) in [5.74, 6) is -1.27. The summed E-state index contributed by atoms with van der Waals surface area (Å²) in [6.45, 7) is 3.54. The van der Waals surface area contributed by atoms with Crippen LogP contribution in [-0.4, -0.2) is 35.7 Å². The van der Waals surface area contributed by atoms with Crippen molar-refractivity contribution in [2.24, 2.45) is 0 Å². The van der Waals surface area contributed by atoms with Crippen LogP contribution in [0.1, 0.15) is 38.5 Å². The molecule has 0 bridgehead atoms. The van der Waals surface area contributed by atoms with Gasteiger partial charge in [0.1, 0.15) is 6.04 Å². The van der Waals surface area contributed by atoms with Gasteiger partial charge in [-0.15, -0.1) is 6.58 Å². The highest BCUT2D eigenvalue weighted by Gasteiger charge is 2.39. The molecule has 18 heavy (non-hydrogen) atoms. The lowest BCUT2D eigenvalue weighted by molar-refractivity contribution is -0.144. The molecule has 0 heterocycles. The molecule has 0 radical (unpaired) electrons. The number of allylic oxidation sites excluding steroid dienone is 1. The van der Waals surface area contributed by atoms with Crippen molar-refractivity contribution in [2.45, 2.75) is 50.2 Å². The minimum absolute atomic E-state index is 0.237. The minimum atomic E-state index is -1.01. The number of aliphatic carboxylic acids is 1. The van der Waals surface area contributed by atoms with E-state index in [1.165, 1.54) is 0 Å². The number of carbonyl (C=O) groups excluding carboxylic acids is 1. The fourth-order valence-corrected chi connectivity index (χ4v) is 2.10. The third-order valence-electron chi connectivity index (χ3n) is 3.47. The number of hydrogen-bond acceptors (Lipinski definition) is 3. The Balaban J connectivity index is 2.45. The van der Waals surface area contributed by atoms with Gasteiger partial charge in [-0.3, -0.25) is 4.79 Å². The second-order valence-electron chi connectivity index (χ2n) is 4.74. The highest BCUT2D eigenvalue weighted by molar-refractivity contribution is 5.84. The maximum atomic E-state index is 11.8. The molecule has 1 unspecified atom stereocenters. The first-order chi connectivity index (χ1) is 8.53. The number of carboxylic acid groups (broad SMARTS) is 1. The highest BCUT2D eigenvalue weighted by Crippen LogP contribution is 2.37. The van der Waals surface area contributed by atoms with E-state index in [0.29, 0.717) is 12.8 Å². The van der Waals surface area contributed by atoms with Crippen molar-refractivity contribution in [2.75, 3.05) is 7.11 Å². The van der Waals surface area contributed by atoms with Crippen LogP contribution in [0.3, 0.4) is 0 Å². The predicted octanol–water partition coefficient (Wildman–Crippen LogP) is 1.48. The van der Waals surface area contributed by atoms with Gasteiger partial charge in [-0.05, 0) is 32.1 Å². The number of hydrogen-bond donors (Lipinski definition) is 2. The Morgan fingerprint density at radius 2 is 2.22 bits per heavy atom. The first kappa shape index (κ1) is 14.7. The molecule has 1 saturated carbocycles. The Morgan fingerprint density at radius 1 is 1.56 bits per heavy atom. The summed E-state index contributed by atoms with van der Waals surface area (Å²) in [6, 6.07) is -0.843. The van der Waals surface area contributed by atoms with Gasteiger partial charge in [0.25, 0.3) is 0 Å². The highest BCUT2D eigenvalue weighted by atomic mass is 16.5. The molecule has 1 aliphatic rings. The van der Waals surface area contributed by atoms with E-state index in [1.54, 1.807) is 13.2 Å². The summed E-state index contributed by atoms with van der Waals surface area (Å²) in [4.78, 5) is 22.8. The Bertz CT molecular complexity index is 317. The van der Waals surface area contributed by atoms with Crippen molar-refractivity contribution in [1.29, 1.82) is 0 Å². The lowest BCUT2D eigenvalue weighted by atomic mass is 9.77. The molecular weight excluding hydrogens is 234 g/mol. The van der Waals surface area contributed by atoms with Crippen LogP contribution in [0.15, 0.2) is 12.7 Å². The van der Waals surface area contributed by atoms with Crippen LogP contribution in [0, 0.1) is 0 Å². The van der Waals surface area contributed by atoms with Crippen molar-refractivity contribution < 1.29 is 19.4 Å². The zero-order chi connectivity index (χ0) is 13.6. The Hall–Kier alpha value is -1.36. The number of carboxylic acids is 1. The molecule has 1 fully saturated rings. The zero-order valence-electron chi connectivity index (χ0n) is 10.8. The molecule has 0 aromatic rings. The summed E-state index contributed by atoms with van der Waals surface area (Å²) in [6.07, 6.45) is 5.59. The fourth-order valence-electron chi connectivity index (χ4n) is 2.10. The second-order valence-corrected chi connectivity index (χ2v) is 4.74. The van der Waals surface area contributed by atoms with E-state index < -0.39 is 12.0 Å². The molecule has 0 saturated heterocycles. The molecule has 5 nitrogen and oxygen atoms in total. The van der Waals surface area contributed by atoms with E-state index in [9.17, 15) is 9.59 Å². The second kappa shape index (κ2) is 6.54. The molecule has 5 heteroatoms. The summed E-state index contributed by atoms with van der Waals surface area (Å²) < 4.78 is 5.34. The van der Waals surface area contributed by atoms with E-state index in [2.05, 4.69) is 11.9 Å². The van der Waals surface area contributed by atoms with Gasteiger partial charge in [0.2, 0.25) is 5.91 Å². The smallest absolute Gasteiger partial charge is 0.326 e. The average molecular weight is 255 g/mol. The van der Waals surface area contributed by atoms with E-state index in [4.69, 9.17) is 9.84 Å². The SMILES string of the molecule is C=CCCC(NC(=O)CC1(OC)CCC1)C(=O)O. The Morgan fingerprint density at radius 3 is 2.61 bits per heavy atom. The maximum absolute atomic E-state index is 11.8. The van der Waals surface area contributed by atoms with E-state index in [-0.39, 0.29) is 17.9 Å². The molecular formula is C13H21NO4. The number of rotatable bonds is 8. The van der Waals surface area contributed by atoms with E-state index in [0.717, 1.165) is 19.3 Å². The molecule has 0 aromatic heterocycles. The van der Waals surface area contributed by atoms with Crippen molar-refractivity contribution in [3.8, 4) is 0 Å². The van der Waals surface area contributed by atoms with Crippen LogP contribution in [0.5, 0.6) is 0 Å². The number of amides is 1. The molecule has 0 aromatic carbocycles. The molecule has 1 aliphatic carbocycles. The Labute approximate surface area is 107 Å². The van der Waals surface area contributed by atoms with Crippen LogP contribution in [-0.2, 0) is 14.3 Å². The number of ether oxygens (including phenoxy) is 1. The average Bonchev–Trinajstić information content (AvgIpc) is 2.28. The van der Waals surface area contributed by atoms with Gasteiger partial charge in [0.05, 0.1) is 12.0 Å². The summed E-state index contributed by atoms with van der Waals surface area (Å²) in [5.41, 5.74) is -0.369. The van der Waals surface area contributed by atoms with E-state index in [1.807, 2.05) is 0 Å². The van der Waals surface area contributed by atoms with Crippen molar-refractivity contribution in [3.05, 3.63) is 12.7 Å². The van der Waals surface area contributed by atoms with E-state index >= 15 is 0 Å². The normalized spacial score (nSPS) is 18.5. The van der Waals surface area contributed by atoms with Gasteiger partial charge in [0, 0.05) is 7.11 Å². The molecule has 2 N–H and O–H groups in total. The van der Waals surface area contributed by atoms with Crippen LogP contribution in [0.4, 0.5) is 0 Å². The minimum Gasteiger partial charge on any atom is -0.480 e. The van der Waals surface area contributed by atoms with Gasteiger partial charge < -0.3 is 15.2 Å². The van der Waals surface area contributed by atoms with Crippen molar-refractivity contribution in [1.82, 2.24) is 5.32 Å². The van der Waals surface area contributed by atoms with Crippen LogP contribution < -0.4 is 5.32 Å². The van der Waals surface area contributed by atoms with Crippen LogP contribution in [0.2, 0.25) is 0 Å². The molecule has 0 spiro atoms. The zero-order valence-corrected chi connectivity index (χ0v) is 10.8. The summed E-state index contributed by atoms with van der Waals surface area (Å²) in [7, 11) is 1.60. The van der Waals surface area contributed by atoms with Crippen molar-refractivity contribution >= 4 is 11.9 Å². The first-order valence-electron chi connectivity index (χ1n) is 6.21. The van der Waals surface area contributed by atoms with Crippen LogP contribution >= 0.6 is 0 Å². The first-order valence-corrected chi connectivity index (χ1v) is 6.21. The fraction of sp³-hybridized carbons (Fsp3) is 0.692. The van der Waals surface area contributed by atoms with Gasteiger partial charge in [0.15, 0.2) is 0 Å². The third kappa shape index (κ3) is 3.84. The number of nitrogens with one attached hydrogen (secondary N) is 1. The lowest BCUT2D eigenvalue weighted by Gasteiger charge is -2.40. The summed E-state index contributed by atoms with van der Waals surface area (Å²) >= 11 is 0. The molecule has 1 atom stereocenters. The standard InChI is InChI=1S/C13H21NO4/c1-3-4-6-10(12(16)17)14-11(15)9-13(18-2)7-5-8-13/h3,10H,1,4-9H2,2H3,(H,14,15)(H,16,17). The van der Waals surface area contributed by atoms with Gasteiger partial charge in [-0.25, -0.2) is 4.79 Å². The Kier molecular flexibility index (Phi) is 5.34. The molecule has 102 valence electrons. The topological polar surface area (TPSA) is 75.6 Å². The quantitative estimate of drug-likeness (QED) is 0.644. The summed E-state index contributed by atoms with van der Waals surface area (Å²) in [5, 5.41) is 11.5. The molecule has 0 aliphatic heterocycles. The van der Waals surface area contributed by atoms with Gasteiger partial charge in [-0.2, -0.15) is 0 Å². The number of methoxy groups -OCH3 is 1. The molecule has 1 rings (SSSR count). The maximum Gasteiger partial charge on any atom is 0.326 e. The number of carbonyl (C=O) groups is 2. The third-order valence-corrected chi connectivity index (χ3v) is 3.47. The van der Waals surface area contributed by atoms with Crippen LogP contribution in [0.25, 0.3) is 0 Å². The largest absolute Gasteiger partial charge is 0.480 e. The van der Waals surface area contributed by atoms with Crippen molar-refractivity contribution in [3.63, 3.8) is 0 Å². The predicted molar refractivity (Wildman–Crippen MR) is 67.2 cm³/mol. The van der Waals surface area contributed by atoms with Gasteiger partial charge in [-0.1, -0.05) is 6.08 Å².